The molecule has 1 saturated carbocycles. The highest BCUT2D eigenvalue weighted by Gasteiger charge is 2.44. The molecule has 0 aromatic heterocycles. The van der Waals surface area contributed by atoms with Gasteiger partial charge in [0.25, 0.3) is 0 Å². The van der Waals surface area contributed by atoms with Crippen LogP contribution in [0.3, 0.4) is 0 Å². The van der Waals surface area contributed by atoms with Crippen molar-refractivity contribution in [1.82, 2.24) is 10.2 Å². The molecular formula is C27H30N2O5. The van der Waals surface area contributed by atoms with Crippen LogP contribution in [0.1, 0.15) is 49.7 Å². The third-order valence-electron chi connectivity index (χ3n) is 7.87. The van der Waals surface area contributed by atoms with Crippen molar-refractivity contribution in [3.63, 3.8) is 0 Å². The molecule has 2 aromatic rings. The molecule has 1 atom stereocenters. The minimum absolute atomic E-state index is 0.00566. The van der Waals surface area contributed by atoms with Crippen LogP contribution < -0.4 is 5.32 Å². The van der Waals surface area contributed by atoms with E-state index < -0.39 is 23.5 Å². The molecule has 2 fully saturated rings. The molecule has 7 nitrogen and oxygen atoms in total. The van der Waals surface area contributed by atoms with Crippen LogP contribution in [-0.2, 0) is 14.3 Å². The molecule has 2 amide bonds. The molecular weight excluding hydrogens is 432 g/mol. The molecule has 5 rings (SSSR count). The number of nitrogens with one attached hydrogen (secondary N) is 1. The zero-order valence-corrected chi connectivity index (χ0v) is 19.3. The molecule has 2 aliphatic carbocycles. The van der Waals surface area contributed by atoms with Crippen LogP contribution in [0.2, 0.25) is 0 Å². The number of rotatable bonds is 7. The second kappa shape index (κ2) is 8.78. The summed E-state index contributed by atoms with van der Waals surface area (Å²) in [5.74, 6) is -1.34. The number of ether oxygens (including phenoxy) is 1. The van der Waals surface area contributed by atoms with Crippen LogP contribution in [0.4, 0.5) is 4.79 Å². The highest BCUT2D eigenvalue weighted by molar-refractivity contribution is 5.81. The molecule has 0 bridgehead atoms. The van der Waals surface area contributed by atoms with Crippen molar-refractivity contribution in [2.45, 2.75) is 44.1 Å². The topological polar surface area (TPSA) is 95.9 Å². The number of hydrogen-bond donors (Lipinski definition) is 2. The second-order valence-electron chi connectivity index (χ2n) is 9.95. The Hall–Kier alpha value is -3.35. The fourth-order valence-corrected chi connectivity index (χ4v) is 5.44. The molecule has 7 heteroatoms. The van der Waals surface area contributed by atoms with E-state index in [1.54, 1.807) is 11.8 Å². The summed E-state index contributed by atoms with van der Waals surface area (Å²) in [7, 11) is 0. The first-order valence-electron chi connectivity index (χ1n) is 12.0. The van der Waals surface area contributed by atoms with Gasteiger partial charge in [0.05, 0.1) is 17.9 Å². The first-order chi connectivity index (χ1) is 16.4. The number of carbonyl (C=O) groups excluding carboxylic acids is 2. The number of alkyl carbamates (subject to hydrolysis) is 1. The first kappa shape index (κ1) is 22.4. The van der Waals surface area contributed by atoms with Crippen LogP contribution in [0.5, 0.6) is 0 Å². The Balaban J connectivity index is 1.17. The van der Waals surface area contributed by atoms with Gasteiger partial charge in [-0.1, -0.05) is 55.5 Å². The van der Waals surface area contributed by atoms with E-state index in [9.17, 15) is 14.4 Å². The van der Waals surface area contributed by atoms with Gasteiger partial charge in [-0.15, -0.1) is 0 Å². The molecule has 178 valence electrons. The average molecular weight is 463 g/mol. The van der Waals surface area contributed by atoms with Gasteiger partial charge in [0, 0.05) is 24.9 Å². The van der Waals surface area contributed by atoms with Gasteiger partial charge in [0.15, 0.2) is 0 Å². The summed E-state index contributed by atoms with van der Waals surface area (Å²) in [4.78, 5) is 38.4. The maximum atomic E-state index is 12.8. The number of aliphatic carboxylic acids is 1. The van der Waals surface area contributed by atoms with Crippen molar-refractivity contribution in [2.24, 2.45) is 11.8 Å². The van der Waals surface area contributed by atoms with Crippen molar-refractivity contribution < 1.29 is 24.2 Å². The van der Waals surface area contributed by atoms with E-state index in [-0.39, 0.29) is 30.8 Å². The Morgan fingerprint density at radius 3 is 2.18 bits per heavy atom. The lowest BCUT2D eigenvalue weighted by molar-refractivity contribution is -0.151. The molecule has 1 heterocycles. The fraction of sp³-hybridized carbons (Fsp3) is 0.444. The van der Waals surface area contributed by atoms with E-state index in [0.29, 0.717) is 13.1 Å². The Morgan fingerprint density at radius 2 is 1.65 bits per heavy atom. The lowest BCUT2D eigenvalue weighted by atomic mass is 9.73. The van der Waals surface area contributed by atoms with Crippen molar-refractivity contribution in [3.8, 4) is 11.1 Å². The van der Waals surface area contributed by atoms with Gasteiger partial charge >= 0.3 is 12.1 Å². The van der Waals surface area contributed by atoms with Crippen molar-refractivity contribution in [2.75, 3.05) is 19.7 Å². The molecule has 2 N–H and O–H groups in total. The maximum Gasteiger partial charge on any atom is 0.407 e. The number of benzene rings is 2. The van der Waals surface area contributed by atoms with E-state index in [1.165, 1.54) is 11.1 Å². The largest absolute Gasteiger partial charge is 0.481 e. The van der Waals surface area contributed by atoms with Crippen LogP contribution in [0.15, 0.2) is 48.5 Å². The maximum absolute atomic E-state index is 12.8. The molecule has 1 unspecified atom stereocenters. The molecule has 1 saturated heterocycles. The molecule has 34 heavy (non-hydrogen) atoms. The van der Waals surface area contributed by atoms with E-state index in [2.05, 4.69) is 29.6 Å². The standard InChI is InChI=1S/C27H30N2O5/c1-17(25(31)32)18-14-29(15-18)24(30)13-27(11-6-12-27)28-26(33)34-16-23-21-9-4-2-7-19(21)20-8-3-5-10-22(20)23/h2-5,7-10,17-18,23H,6,11-16H2,1H3,(H,28,33)(H,31,32). The number of carbonyl (C=O) groups is 3. The summed E-state index contributed by atoms with van der Waals surface area (Å²) in [5, 5.41) is 12.1. The Labute approximate surface area is 199 Å². The van der Waals surface area contributed by atoms with Crippen LogP contribution in [0.25, 0.3) is 11.1 Å². The average Bonchev–Trinajstić information content (AvgIpc) is 3.09. The first-order valence-corrected chi connectivity index (χ1v) is 12.0. The smallest absolute Gasteiger partial charge is 0.407 e. The quantitative estimate of drug-likeness (QED) is 0.648. The van der Waals surface area contributed by atoms with Gasteiger partial charge in [-0.2, -0.15) is 0 Å². The SMILES string of the molecule is CC(C(=O)O)C1CN(C(=O)CC2(NC(=O)OCC3c4ccccc4-c4ccccc43)CCC2)C1. The number of amides is 2. The summed E-state index contributed by atoms with van der Waals surface area (Å²) in [5.41, 5.74) is 4.11. The van der Waals surface area contributed by atoms with Crippen molar-refractivity contribution in [1.29, 1.82) is 0 Å². The monoisotopic (exact) mass is 462 g/mol. The lowest BCUT2D eigenvalue weighted by Gasteiger charge is -2.46. The van der Waals surface area contributed by atoms with Crippen LogP contribution in [-0.4, -0.2) is 53.2 Å². The number of likely N-dealkylation sites (tertiary alicyclic amines) is 1. The normalized spacial score (nSPS) is 19.3. The highest BCUT2D eigenvalue weighted by atomic mass is 16.5. The number of nitrogens with zero attached hydrogens (tertiary/aromatic N) is 1. The number of carboxylic acid groups (broad SMARTS) is 1. The Kier molecular flexibility index (Phi) is 5.80. The van der Waals surface area contributed by atoms with Crippen molar-refractivity contribution >= 4 is 18.0 Å². The van der Waals surface area contributed by atoms with Crippen LogP contribution in [0, 0.1) is 11.8 Å². The number of carboxylic acids is 1. The van der Waals surface area contributed by atoms with Crippen molar-refractivity contribution in [3.05, 3.63) is 59.7 Å². The van der Waals surface area contributed by atoms with Gasteiger partial charge in [0.1, 0.15) is 6.61 Å². The summed E-state index contributed by atoms with van der Waals surface area (Å²) in [6, 6.07) is 16.4. The molecule has 2 aromatic carbocycles. The predicted octanol–water partition coefficient (Wildman–Crippen LogP) is 4.02. The highest BCUT2D eigenvalue weighted by Crippen LogP contribution is 2.44. The second-order valence-corrected chi connectivity index (χ2v) is 9.95. The van der Waals surface area contributed by atoms with E-state index >= 15 is 0 Å². The zero-order valence-electron chi connectivity index (χ0n) is 19.3. The summed E-state index contributed by atoms with van der Waals surface area (Å²) in [6.45, 7) is 2.85. The van der Waals surface area contributed by atoms with Gasteiger partial charge in [-0.05, 0) is 41.5 Å². The minimum atomic E-state index is -0.829. The summed E-state index contributed by atoms with van der Waals surface area (Å²) < 4.78 is 5.69. The fourth-order valence-electron chi connectivity index (χ4n) is 5.44. The number of fused-ring (bicyclic) bond motifs is 3. The van der Waals surface area contributed by atoms with Gasteiger partial charge < -0.3 is 20.1 Å². The molecule has 0 radical (unpaired) electrons. The Bertz CT molecular complexity index is 1070. The molecule has 1 aliphatic heterocycles. The third-order valence-corrected chi connectivity index (χ3v) is 7.87. The van der Waals surface area contributed by atoms with E-state index in [4.69, 9.17) is 9.84 Å². The van der Waals surface area contributed by atoms with E-state index in [1.807, 2.05) is 24.3 Å². The number of hydrogen-bond acceptors (Lipinski definition) is 4. The summed E-state index contributed by atoms with van der Waals surface area (Å²) in [6.07, 6.45) is 2.17. The predicted molar refractivity (Wildman–Crippen MR) is 126 cm³/mol. The third kappa shape index (κ3) is 4.04. The zero-order chi connectivity index (χ0) is 23.9. The Morgan fingerprint density at radius 1 is 1.06 bits per heavy atom. The van der Waals surface area contributed by atoms with Gasteiger partial charge in [0.2, 0.25) is 5.91 Å². The van der Waals surface area contributed by atoms with E-state index in [0.717, 1.165) is 30.4 Å². The van der Waals surface area contributed by atoms with Crippen LogP contribution >= 0.6 is 0 Å². The molecule has 0 spiro atoms. The molecule has 3 aliphatic rings. The lowest BCUT2D eigenvalue weighted by Crippen LogP contribution is -2.59. The minimum Gasteiger partial charge on any atom is -0.481 e. The summed E-state index contributed by atoms with van der Waals surface area (Å²) >= 11 is 0. The van der Waals surface area contributed by atoms with Gasteiger partial charge in [-0.3, -0.25) is 9.59 Å². The van der Waals surface area contributed by atoms with Gasteiger partial charge in [-0.25, -0.2) is 4.79 Å².